The summed E-state index contributed by atoms with van der Waals surface area (Å²) in [4.78, 5) is 7.33. The zero-order valence-corrected chi connectivity index (χ0v) is 11.1. The van der Waals surface area contributed by atoms with Crippen LogP contribution in [0.5, 0.6) is 5.75 Å². The summed E-state index contributed by atoms with van der Waals surface area (Å²) in [5.41, 5.74) is 1.21. The Bertz CT molecular complexity index is 491. The quantitative estimate of drug-likeness (QED) is 0.750. The zero-order valence-electron chi connectivity index (χ0n) is 11.1. The highest BCUT2D eigenvalue weighted by Crippen LogP contribution is 2.13. The number of hydrogen-bond donors (Lipinski definition) is 2. The molecule has 4 heteroatoms. The molecular weight excluding hydrogens is 238 g/mol. The number of nitrogens with one attached hydrogen (secondary N) is 2. The first-order valence-electron chi connectivity index (χ1n) is 6.35. The molecule has 2 N–H and O–H groups in total. The molecule has 0 bridgehead atoms. The fourth-order valence-electron chi connectivity index (χ4n) is 1.74. The van der Waals surface area contributed by atoms with E-state index in [9.17, 15) is 0 Å². The molecule has 1 aromatic carbocycles. The summed E-state index contributed by atoms with van der Waals surface area (Å²) in [6.45, 7) is 7.04. The Balaban J connectivity index is 1.84. The van der Waals surface area contributed by atoms with Crippen LogP contribution < -0.4 is 10.1 Å². The van der Waals surface area contributed by atoms with E-state index in [0.29, 0.717) is 6.61 Å². The van der Waals surface area contributed by atoms with Crippen molar-refractivity contribution in [3.05, 3.63) is 60.7 Å². The van der Waals surface area contributed by atoms with Crippen LogP contribution in [-0.2, 0) is 6.54 Å². The summed E-state index contributed by atoms with van der Waals surface area (Å²) in [5.74, 6) is 1.81. The Morgan fingerprint density at radius 3 is 2.84 bits per heavy atom. The molecule has 2 rings (SSSR count). The summed E-state index contributed by atoms with van der Waals surface area (Å²) < 4.78 is 5.44. The van der Waals surface area contributed by atoms with Gasteiger partial charge in [-0.25, -0.2) is 4.98 Å². The molecule has 0 aliphatic rings. The van der Waals surface area contributed by atoms with Gasteiger partial charge in [0.15, 0.2) is 0 Å². The minimum Gasteiger partial charge on any atom is -0.490 e. The van der Waals surface area contributed by atoms with Crippen molar-refractivity contribution in [2.75, 3.05) is 6.61 Å². The van der Waals surface area contributed by atoms with Crippen molar-refractivity contribution < 1.29 is 4.74 Å². The first-order chi connectivity index (χ1) is 9.29. The number of rotatable bonds is 7. The van der Waals surface area contributed by atoms with E-state index in [1.165, 1.54) is 5.56 Å². The summed E-state index contributed by atoms with van der Waals surface area (Å²) >= 11 is 0. The van der Waals surface area contributed by atoms with E-state index in [-0.39, 0.29) is 6.04 Å². The molecule has 0 amide bonds. The van der Waals surface area contributed by atoms with E-state index in [4.69, 9.17) is 4.74 Å². The van der Waals surface area contributed by atoms with Crippen molar-refractivity contribution in [2.24, 2.45) is 0 Å². The van der Waals surface area contributed by atoms with Gasteiger partial charge in [-0.1, -0.05) is 24.8 Å². The van der Waals surface area contributed by atoms with Gasteiger partial charge in [0.25, 0.3) is 0 Å². The fraction of sp³-hybridized carbons (Fsp3) is 0.267. The molecule has 0 fully saturated rings. The summed E-state index contributed by atoms with van der Waals surface area (Å²) in [6.07, 6.45) is 5.33. The fourth-order valence-corrected chi connectivity index (χ4v) is 1.74. The van der Waals surface area contributed by atoms with Gasteiger partial charge in [-0.05, 0) is 24.6 Å². The molecule has 19 heavy (non-hydrogen) atoms. The largest absolute Gasteiger partial charge is 0.490 e. The van der Waals surface area contributed by atoms with Crippen LogP contribution in [0.1, 0.15) is 24.4 Å². The van der Waals surface area contributed by atoms with Gasteiger partial charge in [-0.2, -0.15) is 0 Å². The number of H-pyrrole nitrogens is 1. The number of aromatic nitrogens is 2. The molecule has 2 aromatic rings. The average molecular weight is 257 g/mol. The number of imidazole rings is 1. The average Bonchev–Trinajstić information content (AvgIpc) is 2.98. The number of aromatic amines is 1. The van der Waals surface area contributed by atoms with Crippen LogP contribution in [-0.4, -0.2) is 16.6 Å². The van der Waals surface area contributed by atoms with Gasteiger partial charge in [0, 0.05) is 18.9 Å². The third kappa shape index (κ3) is 3.96. The Morgan fingerprint density at radius 2 is 2.21 bits per heavy atom. The van der Waals surface area contributed by atoms with Gasteiger partial charge in [-0.15, -0.1) is 0 Å². The van der Waals surface area contributed by atoms with Crippen LogP contribution in [0.25, 0.3) is 0 Å². The van der Waals surface area contributed by atoms with Gasteiger partial charge in [-0.3, -0.25) is 0 Å². The number of benzene rings is 1. The summed E-state index contributed by atoms with van der Waals surface area (Å²) in [5, 5.41) is 3.41. The van der Waals surface area contributed by atoms with Crippen LogP contribution in [0, 0.1) is 0 Å². The maximum atomic E-state index is 5.44. The molecule has 1 aromatic heterocycles. The summed E-state index contributed by atoms with van der Waals surface area (Å²) in [7, 11) is 0. The minimum atomic E-state index is 0.201. The van der Waals surface area contributed by atoms with Crippen molar-refractivity contribution >= 4 is 0 Å². The van der Waals surface area contributed by atoms with Gasteiger partial charge in [0.05, 0.1) is 6.04 Å². The molecule has 0 spiro atoms. The molecule has 4 nitrogen and oxygen atoms in total. The van der Waals surface area contributed by atoms with Crippen molar-refractivity contribution in [3.8, 4) is 5.75 Å². The van der Waals surface area contributed by atoms with Gasteiger partial charge < -0.3 is 15.0 Å². The van der Waals surface area contributed by atoms with E-state index >= 15 is 0 Å². The van der Waals surface area contributed by atoms with Crippen molar-refractivity contribution in [1.29, 1.82) is 0 Å². The molecule has 0 aliphatic heterocycles. The third-order valence-electron chi connectivity index (χ3n) is 2.83. The lowest BCUT2D eigenvalue weighted by Crippen LogP contribution is -2.19. The molecule has 0 radical (unpaired) electrons. The van der Waals surface area contributed by atoms with Gasteiger partial charge in [0.1, 0.15) is 18.2 Å². The topological polar surface area (TPSA) is 49.9 Å². The van der Waals surface area contributed by atoms with Crippen molar-refractivity contribution in [3.63, 3.8) is 0 Å². The Labute approximate surface area is 113 Å². The van der Waals surface area contributed by atoms with Crippen LogP contribution in [0.3, 0.4) is 0 Å². The van der Waals surface area contributed by atoms with Crippen LogP contribution >= 0.6 is 0 Å². The highest BCUT2D eigenvalue weighted by molar-refractivity contribution is 5.27. The van der Waals surface area contributed by atoms with Crippen molar-refractivity contribution in [2.45, 2.75) is 19.5 Å². The van der Waals surface area contributed by atoms with E-state index < -0.39 is 0 Å². The molecule has 0 saturated heterocycles. The first-order valence-corrected chi connectivity index (χ1v) is 6.35. The van der Waals surface area contributed by atoms with Gasteiger partial charge in [0.2, 0.25) is 0 Å². The van der Waals surface area contributed by atoms with E-state index in [1.807, 2.05) is 18.3 Å². The smallest absolute Gasteiger partial charge is 0.122 e. The van der Waals surface area contributed by atoms with Gasteiger partial charge >= 0.3 is 0 Å². The number of ether oxygens (including phenoxy) is 1. The molecule has 1 unspecified atom stereocenters. The lowest BCUT2D eigenvalue weighted by Gasteiger charge is -2.11. The molecule has 1 heterocycles. The maximum absolute atomic E-state index is 5.44. The highest BCUT2D eigenvalue weighted by Gasteiger charge is 2.06. The Morgan fingerprint density at radius 1 is 1.42 bits per heavy atom. The van der Waals surface area contributed by atoms with Crippen LogP contribution in [0.15, 0.2) is 49.3 Å². The molecule has 0 saturated carbocycles. The standard InChI is InChI=1S/C15H19N3O/c1-3-10-19-14-6-4-13(5-7-14)11-18-12(2)15-16-8-9-17-15/h3-9,12,18H,1,10-11H2,2H3,(H,16,17). The second kappa shape index (κ2) is 6.75. The summed E-state index contributed by atoms with van der Waals surface area (Å²) in [6, 6.07) is 8.25. The number of hydrogen-bond acceptors (Lipinski definition) is 3. The van der Waals surface area contributed by atoms with E-state index in [0.717, 1.165) is 18.1 Å². The second-order valence-electron chi connectivity index (χ2n) is 4.32. The molecule has 0 aliphatic carbocycles. The van der Waals surface area contributed by atoms with Crippen molar-refractivity contribution in [1.82, 2.24) is 15.3 Å². The van der Waals surface area contributed by atoms with E-state index in [1.54, 1.807) is 12.3 Å². The van der Waals surface area contributed by atoms with E-state index in [2.05, 4.69) is 40.9 Å². The lowest BCUT2D eigenvalue weighted by molar-refractivity contribution is 0.363. The Hall–Kier alpha value is -2.07. The maximum Gasteiger partial charge on any atom is 0.122 e. The zero-order chi connectivity index (χ0) is 13.5. The molecular formula is C15H19N3O. The molecule has 1 atom stereocenters. The predicted molar refractivity (Wildman–Crippen MR) is 76.0 cm³/mol. The van der Waals surface area contributed by atoms with Crippen LogP contribution in [0.4, 0.5) is 0 Å². The Kier molecular flexibility index (Phi) is 4.75. The monoisotopic (exact) mass is 257 g/mol. The normalized spacial score (nSPS) is 12.1. The highest BCUT2D eigenvalue weighted by atomic mass is 16.5. The lowest BCUT2D eigenvalue weighted by atomic mass is 10.2. The minimum absolute atomic E-state index is 0.201. The SMILES string of the molecule is C=CCOc1ccc(CNC(C)c2ncc[nH]2)cc1. The third-order valence-corrected chi connectivity index (χ3v) is 2.83. The first kappa shape index (κ1) is 13.4. The molecule has 100 valence electrons. The predicted octanol–water partition coefficient (Wildman–Crippen LogP) is 2.83. The second-order valence-corrected chi connectivity index (χ2v) is 4.32. The van der Waals surface area contributed by atoms with Crippen LogP contribution in [0.2, 0.25) is 0 Å². The number of nitrogens with zero attached hydrogens (tertiary/aromatic N) is 1.